The van der Waals surface area contributed by atoms with Crippen molar-refractivity contribution in [3.05, 3.63) is 21.9 Å². The van der Waals surface area contributed by atoms with Crippen molar-refractivity contribution in [3.8, 4) is 36.0 Å². The molecule has 1 heterocycles. The van der Waals surface area contributed by atoms with Crippen LogP contribution in [0.2, 0.25) is 0 Å². The lowest BCUT2D eigenvalue weighted by Crippen LogP contribution is -2.16. The zero-order valence-corrected chi connectivity index (χ0v) is 12.1. The lowest BCUT2D eigenvalue weighted by molar-refractivity contribution is -0.146. The number of terminal acetylenes is 1. The summed E-state index contributed by atoms with van der Waals surface area (Å²) in [5, 5.41) is -0.709. The Balaban J connectivity index is 2.98. The molecule has 0 saturated carbocycles. The van der Waals surface area contributed by atoms with Gasteiger partial charge in [-0.3, -0.25) is 4.79 Å². The molecule has 0 amide bonds. The van der Waals surface area contributed by atoms with Gasteiger partial charge in [0, 0.05) is 11.8 Å². The highest BCUT2D eigenvalue weighted by molar-refractivity contribution is 7.12. The van der Waals surface area contributed by atoms with Crippen LogP contribution < -0.4 is 0 Å². The zero-order valence-electron chi connectivity index (χ0n) is 10.5. The number of carbonyl (C=O) groups is 1. The van der Waals surface area contributed by atoms with Crippen molar-refractivity contribution in [1.29, 1.82) is 0 Å². The molecule has 4 heteroatoms. The molecule has 0 aromatic carbocycles. The van der Waals surface area contributed by atoms with Gasteiger partial charge in [-0.05, 0) is 36.8 Å². The van der Waals surface area contributed by atoms with Crippen molar-refractivity contribution < 1.29 is 9.53 Å². The standard InChI is InChI=1S/C15H11ClO2S/c1-4-6-7-8-12-9-10-14(19-12)15(13(16)5-2)18-11(3)17/h2,9-10,13,15H,1,3H3. The van der Waals surface area contributed by atoms with Gasteiger partial charge in [-0.2, -0.15) is 0 Å². The van der Waals surface area contributed by atoms with Crippen LogP contribution in [0.4, 0.5) is 0 Å². The fraction of sp³-hybridized carbons (Fsp3) is 0.267. The molecule has 0 aliphatic rings. The second kappa shape index (κ2) is 7.55. The minimum atomic E-state index is -0.709. The normalized spacial score (nSPS) is 11.9. The van der Waals surface area contributed by atoms with E-state index in [2.05, 4.69) is 29.6 Å². The van der Waals surface area contributed by atoms with Gasteiger partial charge in [0.05, 0.1) is 4.88 Å². The first-order chi connectivity index (χ1) is 9.08. The summed E-state index contributed by atoms with van der Waals surface area (Å²) in [6.07, 6.45) is 4.63. The maximum Gasteiger partial charge on any atom is 0.303 e. The van der Waals surface area contributed by atoms with E-state index in [-0.39, 0.29) is 0 Å². The molecule has 0 aliphatic carbocycles. The van der Waals surface area contributed by atoms with Crippen LogP contribution in [0.15, 0.2) is 12.1 Å². The third kappa shape index (κ3) is 4.72. The van der Waals surface area contributed by atoms with Crippen molar-refractivity contribution in [2.24, 2.45) is 0 Å². The molecule has 2 unspecified atom stereocenters. The number of halogens is 1. The monoisotopic (exact) mass is 290 g/mol. The summed E-state index contributed by atoms with van der Waals surface area (Å²) in [5.41, 5.74) is 0. The van der Waals surface area contributed by atoms with Crippen LogP contribution in [0.5, 0.6) is 0 Å². The molecule has 19 heavy (non-hydrogen) atoms. The van der Waals surface area contributed by atoms with E-state index >= 15 is 0 Å². The van der Waals surface area contributed by atoms with Gasteiger partial charge in [-0.1, -0.05) is 11.8 Å². The highest BCUT2D eigenvalue weighted by Crippen LogP contribution is 2.30. The number of hydrogen-bond acceptors (Lipinski definition) is 3. The predicted octanol–water partition coefficient (Wildman–Crippen LogP) is 2.97. The van der Waals surface area contributed by atoms with Crippen molar-refractivity contribution >= 4 is 28.9 Å². The lowest BCUT2D eigenvalue weighted by Gasteiger charge is -2.16. The summed E-state index contributed by atoms with van der Waals surface area (Å²) >= 11 is 7.36. The van der Waals surface area contributed by atoms with E-state index in [1.807, 2.05) is 6.07 Å². The molecule has 1 rings (SSSR count). The first-order valence-electron chi connectivity index (χ1n) is 5.38. The fourth-order valence-electron chi connectivity index (χ4n) is 1.26. The Morgan fingerprint density at radius 1 is 1.47 bits per heavy atom. The molecule has 96 valence electrons. The van der Waals surface area contributed by atoms with E-state index in [9.17, 15) is 4.79 Å². The average Bonchev–Trinajstić information content (AvgIpc) is 2.83. The SMILES string of the molecule is C#CC(Cl)C(OC(C)=O)c1ccc(C#CC#CC)s1. The maximum atomic E-state index is 11.1. The summed E-state index contributed by atoms with van der Waals surface area (Å²) in [6, 6.07) is 3.62. The van der Waals surface area contributed by atoms with E-state index in [1.165, 1.54) is 18.3 Å². The molecule has 1 aromatic rings. The van der Waals surface area contributed by atoms with E-state index < -0.39 is 17.5 Å². The van der Waals surface area contributed by atoms with Crippen LogP contribution in [0.1, 0.15) is 29.7 Å². The van der Waals surface area contributed by atoms with E-state index in [4.69, 9.17) is 22.8 Å². The quantitative estimate of drug-likeness (QED) is 0.486. The predicted molar refractivity (Wildman–Crippen MR) is 77.6 cm³/mol. The average molecular weight is 291 g/mol. The molecule has 0 saturated heterocycles. The van der Waals surface area contributed by atoms with Crippen LogP contribution in [0.3, 0.4) is 0 Å². The molecule has 2 nitrogen and oxygen atoms in total. The largest absolute Gasteiger partial charge is 0.454 e. The smallest absolute Gasteiger partial charge is 0.303 e. The topological polar surface area (TPSA) is 26.3 Å². The third-order valence-electron chi connectivity index (χ3n) is 2.00. The molecule has 2 atom stereocenters. The lowest BCUT2D eigenvalue weighted by atomic mass is 10.2. The summed E-state index contributed by atoms with van der Waals surface area (Å²) in [5.74, 6) is 12.9. The first-order valence-corrected chi connectivity index (χ1v) is 6.63. The number of ether oxygens (including phenoxy) is 1. The molecule has 0 spiro atoms. The Morgan fingerprint density at radius 3 is 2.79 bits per heavy atom. The summed E-state index contributed by atoms with van der Waals surface area (Å²) in [7, 11) is 0. The van der Waals surface area contributed by atoms with Crippen molar-refractivity contribution in [3.63, 3.8) is 0 Å². The zero-order chi connectivity index (χ0) is 14.3. The highest BCUT2D eigenvalue weighted by atomic mass is 35.5. The fourth-order valence-corrected chi connectivity index (χ4v) is 2.45. The number of thiophene rings is 1. The minimum absolute atomic E-state index is 0.427. The van der Waals surface area contributed by atoms with Crippen LogP contribution in [0.25, 0.3) is 0 Å². The first kappa shape index (κ1) is 15.2. The molecule has 1 aromatic heterocycles. The Labute approximate surface area is 122 Å². The molecular weight excluding hydrogens is 280 g/mol. The van der Waals surface area contributed by atoms with Crippen molar-refractivity contribution in [2.75, 3.05) is 0 Å². The van der Waals surface area contributed by atoms with Gasteiger partial charge >= 0.3 is 5.97 Å². The summed E-state index contributed by atoms with van der Waals surface area (Å²) in [4.78, 5) is 12.7. The van der Waals surface area contributed by atoms with E-state index in [0.717, 1.165) is 9.75 Å². The Bertz CT molecular complexity index is 616. The van der Waals surface area contributed by atoms with Gasteiger partial charge in [0.2, 0.25) is 0 Å². The van der Waals surface area contributed by atoms with Gasteiger partial charge < -0.3 is 4.74 Å². The number of rotatable bonds is 3. The van der Waals surface area contributed by atoms with Crippen LogP contribution in [-0.2, 0) is 9.53 Å². The molecule has 0 N–H and O–H groups in total. The number of carbonyl (C=O) groups excluding carboxylic acids is 1. The van der Waals surface area contributed by atoms with E-state index in [0.29, 0.717) is 0 Å². The second-order valence-electron chi connectivity index (χ2n) is 3.43. The molecule has 0 radical (unpaired) electrons. The van der Waals surface area contributed by atoms with Crippen LogP contribution in [-0.4, -0.2) is 11.3 Å². The number of hydrogen-bond donors (Lipinski definition) is 0. The van der Waals surface area contributed by atoms with E-state index in [1.54, 1.807) is 13.0 Å². The maximum absolute atomic E-state index is 11.1. The van der Waals surface area contributed by atoms with Gasteiger partial charge in [-0.15, -0.1) is 29.4 Å². The third-order valence-corrected chi connectivity index (χ3v) is 3.42. The molecule has 0 aliphatic heterocycles. The van der Waals surface area contributed by atoms with Gasteiger partial charge in [-0.25, -0.2) is 0 Å². The Kier molecular flexibility index (Phi) is 6.04. The van der Waals surface area contributed by atoms with Crippen LogP contribution >= 0.6 is 22.9 Å². The van der Waals surface area contributed by atoms with Crippen molar-refractivity contribution in [2.45, 2.75) is 25.3 Å². The summed E-state index contributed by atoms with van der Waals surface area (Å²) in [6.45, 7) is 3.04. The molecule has 0 fully saturated rings. The van der Waals surface area contributed by atoms with Gasteiger partial charge in [0.25, 0.3) is 0 Å². The van der Waals surface area contributed by atoms with Gasteiger partial charge in [0.1, 0.15) is 5.38 Å². The molecule has 0 bridgehead atoms. The van der Waals surface area contributed by atoms with Gasteiger partial charge in [0.15, 0.2) is 6.10 Å². The Morgan fingerprint density at radius 2 is 2.21 bits per heavy atom. The molecular formula is C15H11ClO2S. The van der Waals surface area contributed by atoms with Crippen molar-refractivity contribution in [1.82, 2.24) is 0 Å². The minimum Gasteiger partial charge on any atom is -0.454 e. The van der Waals surface area contributed by atoms with Crippen LogP contribution in [0, 0.1) is 36.0 Å². The Hall–Kier alpha value is -1.86. The second-order valence-corrected chi connectivity index (χ2v) is 5.01. The number of esters is 1. The summed E-state index contributed by atoms with van der Waals surface area (Å²) < 4.78 is 5.15. The highest BCUT2D eigenvalue weighted by Gasteiger charge is 2.24. The number of alkyl halides is 1.